The Morgan fingerprint density at radius 1 is 0.519 bits per heavy atom. The summed E-state index contributed by atoms with van der Waals surface area (Å²) < 4.78 is 24.7. The van der Waals surface area contributed by atoms with E-state index in [9.17, 15) is 9.59 Å². The number of rotatable bonds is 29. The third-order valence-corrected chi connectivity index (χ3v) is 25.8. The second-order valence-corrected chi connectivity index (χ2v) is 31.2. The fourth-order valence-electron chi connectivity index (χ4n) is 20.9. The fraction of sp³-hybridized carbons (Fsp3) is 0.890. The summed E-state index contributed by atoms with van der Waals surface area (Å²) in [6, 6.07) is 0. The summed E-state index contributed by atoms with van der Waals surface area (Å²) in [4.78, 5) is 26.8. The van der Waals surface area contributed by atoms with Gasteiger partial charge in [0, 0.05) is 19.1 Å². The van der Waals surface area contributed by atoms with Gasteiger partial charge in [0.1, 0.15) is 0 Å². The average molecular weight is 1090 g/mol. The third-order valence-electron chi connectivity index (χ3n) is 25.8. The maximum atomic E-state index is 13.4. The van der Waals surface area contributed by atoms with Crippen molar-refractivity contribution in [2.75, 3.05) is 26.4 Å². The van der Waals surface area contributed by atoms with Crippen molar-refractivity contribution in [3.05, 3.63) is 36.0 Å². The van der Waals surface area contributed by atoms with Crippen LogP contribution in [-0.4, -0.2) is 50.6 Å². The molecule has 1 unspecified atom stereocenters. The molecule has 0 bridgehead atoms. The van der Waals surface area contributed by atoms with Gasteiger partial charge in [-0.15, -0.1) is 6.58 Å². The molecule has 0 aliphatic heterocycles. The lowest BCUT2D eigenvalue weighted by atomic mass is 9.47. The molecule has 7 fully saturated rings. The Morgan fingerprint density at radius 3 is 1.33 bits per heavy atom. The number of allylic oxidation sites excluding steroid dienone is 3. The van der Waals surface area contributed by atoms with Gasteiger partial charge in [-0.25, -0.2) is 0 Å². The molecule has 17 atom stereocenters. The Labute approximate surface area is 485 Å². The van der Waals surface area contributed by atoms with Gasteiger partial charge in [0.2, 0.25) is 0 Å². The first-order chi connectivity index (χ1) is 37.9. The molecule has 0 aromatic heterocycles. The molecule has 0 saturated heterocycles. The zero-order valence-corrected chi connectivity index (χ0v) is 52.8. The smallest absolute Gasteiger partial charge is 0.324 e. The highest BCUT2D eigenvalue weighted by Gasteiger charge is 2.67. The highest BCUT2D eigenvalue weighted by Crippen LogP contribution is 2.69. The maximum absolute atomic E-state index is 13.4. The monoisotopic (exact) mass is 1090 g/mol. The Kier molecular flexibility index (Phi) is 20.7. The molecule has 9 aliphatic rings. The van der Waals surface area contributed by atoms with Crippen molar-refractivity contribution in [3.63, 3.8) is 0 Å². The molecule has 0 amide bonds. The van der Waals surface area contributed by atoms with Crippen LogP contribution in [0.3, 0.4) is 0 Å². The molecule has 0 aromatic carbocycles. The highest BCUT2D eigenvalue weighted by molar-refractivity contribution is 6.04. The molecule has 448 valence electrons. The van der Waals surface area contributed by atoms with Crippen LogP contribution in [0.4, 0.5) is 0 Å². The van der Waals surface area contributed by atoms with Crippen LogP contribution in [0.15, 0.2) is 36.0 Å². The topological polar surface area (TPSA) is 71.1 Å². The van der Waals surface area contributed by atoms with Gasteiger partial charge in [0.25, 0.3) is 0 Å². The number of unbranched alkanes of at least 4 members (excludes halogenated alkanes) is 6. The van der Waals surface area contributed by atoms with Gasteiger partial charge in [-0.05, 0) is 240 Å². The van der Waals surface area contributed by atoms with E-state index in [0.29, 0.717) is 53.5 Å². The molecular formula is C73H120O6. The van der Waals surface area contributed by atoms with Crippen molar-refractivity contribution < 1.29 is 28.5 Å². The van der Waals surface area contributed by atoms with Crippen molar-refractivity contribution in [2.45, 2.75) is 280 Å². The van der Waals surface area contributed by atoms with E-state index < -0.39 is 17.4 Å². The molecule has 79 heavy (non-hydrogen) atoms. The van der Waals surface area contributed by atoms with Crippen molar-refractivity contribution in [1.82, 2.24) is 0 Å². The van der Waals surface area contributed by atoms with Gasteiger partial charge >= 0.3 is 11.9 Å². The number of ether oxygens (including phenoxy) is 4. The second-order valence-electron chi connectivity index (χ2n) is 31.2. The summed E-state index contributed by atoms with van der Waals surface area (Å²) in [5.41, 5.74) is 4.04. The Hall–Kier alpha value is -1.92. The number of fused-ring (bicyclic) bond motifs is 10. The van der Waals surface area contributed by atoms with Gasteiger partial charge in [0.05, 0.1) is 25.4 Å². The molecule has 9 aliphatic carbocycles. The summed E-state index contributed by atoms with van der Waals surface area (Å²) in [6.07, 6.45) is 45.8. The number of carbonyl (C=O) groups is 2. The summed E-state index contributed by atoms with van der Waals surface area (Å²) in [5.74, 6) is 9.43. The van der Waals surface area contributed by atoms with E-state index >= 15 is 0 Å². The second kappa shape index (κ2) is 26.6. The molecule has 9 rings (SSSR count). The van der Waals surface area contributed by atoms with Gasteiger partial charge in [-0.1, -0.05) is 150 Å². The minimum Gasteiger partial charge on any atom is -0.465 e. The molecule has 6 nitrogen and oxygen atoms in total. The number of hydrogen-bond acceptors (Lipinski definition) is 6. The van der Waals surface area contributed by atoms with E-state index in [0.717, 1.165) is 148 Å². The van der Waals surface area contributed by atoms with E-state index in [1.54, 1.807) is 17.2 Å². The van der Waals surface area contributed by atoms with E-state index in [2.05, 4.69) is 88.0 Å². The first-order valence-electron chi connectivity index (χ1n) is 34.5. The van der Waals surface area contributed by atoms with Gasteiger partial charge in [-0.2, -0.15) is 0 Å². The lowest BCUT2D eigenvalue weighted by molar-refractivity contribution is -0.165. The highest BCUT2D eigenvalue weighted by atomic mass is 16.6. The number of hydrogen-bond donors (Lipinski definition) is 0. The Bertz CT molecular complexity index is 1950. The van der Waals surface area contributed by atoms with Crippen molar-refractivity contribution in [3.8, 4) is 0 Å². The largest absolute Gasteiger partial charge is 0.465 e. The minimum absolute atomic E-state index is 0.207. The fourth-order valence-corrected chi connectivity index (χ4v) is 20.9. The Balaban J connectivity index is 0.607. The lowest BCUT2D eigenvalue weighted by Gasteiger charge is -2.58. The molecule has 7 saturated carbocycles. The molecule has 0 radical (unpaired) electrons. The van der Waals surface area contributed by atoms with Gasteiger partial charge in [0.15, 0.2) is 5.41 Å². The quantitative estimate of drug-likeness (QED) is 0.0322. The average Bonchev–Trinajstić information content (AvgIpc) is 3.99. The predicted octanol–water partition coefficient (Wildman–Crippen LogP) is 19.2. The van der Waals surface area contributed by atoms with Crippen LogP contribution in [-0.2, 0) is 28.5 Å². The normalized spacial score (nSPS) is 38.8. The molecule has 0 spiro atoms. The van der Waals surface area contributed by atoms with Crippen LogP contribution in [0.25, 0.3) is 0 Å². The van der Waals surface area contributed by atoms with Crippen LogP contribution in [0.2, 0.25) is 0 Å². The van der Waals surface area contributed by atoms with Gasteiger partial charge < -0.3 is 18.9 Å². The SMILES string of the molecule is C=CC1CC1(C(=O)OCCCCCCO[C@H]1CC[C@@]2(C)C(=CC[C@H]3[C@@H]4CC[C@H]([C@H](C)CCCC(C)C)[C@@]4(C)CC[C@@H]32)C1)C(=O)OCCCCCCO[C@H]1CC[C@@]2(C)C(=CC[C@H]3[C@@H]4CC[C@H]([C@H](C)CCCC(C)C)[C@@]4(C)CC[C@@H]32)C1. The predicted molar refractivity (Wildman–Crippen MR) is 325 cm³/mol. The number of esters is 2. The van der Waals surface area contributed by atoms with Crippen LogP contribution in [0.5, 0.6) is 0 Å². The zero-order valence-electron chi connectivity index (χ0n) is 52.8. The standard InChI is InChI=1S/C73H120O6/c1-12-54-49-73(54,67(74)78-45-19-15-13-17-43-76-57-35-39-69(8)55(47-57)27-29-59-63-33-31-61(52(6)25-21-23-50(2)3)71(63,10)41-37-65(59)69)68(75)79-46-20-16-14-18-44-77-58-36-40-70(9)56(48-58)28-30-60-64-34-32-62(53(7)26-22-24-51(4)5)72(64,11)42-38-66(60)70/h12,27-28,50-54,57-66H,1,13-26,29-49H2,2-11H3/t52-,53-,54?,57+,58+,59+,60+,61-,62-,63+,64+,65+,66+,69+,70+,71-,72-/m1/s1. The third kappa shape index (κ3) is 13.0. The zero-order chi connectivity index (χ0) is 56.2. The van der Waals surface area contributed by atoms with E-state index in [1.807, 2.05) is 0 Å². The molecular weight excluding hydrogens is 973 g/mol. The van der Waals surface area contributed by atoms with E-state index in [4.69, 9.17) is 18.9 Å². The minimum atomic E-state index is -1.20. The maximum Gasteiger partial charge on any atom is 0.324 e. The molecule has 0 heterocycles. The van der Waals surface area contributed by atoms with Crippen LogP contribution in [0.1, 0.15) is 268 Å². The molecule has 6 heteroatoms. The van der Waals surface area contributed by atoms with Gasteiger partial charge in [-0.3, -0.25) is 9.59 Å². The van der Waals surface area contributed by atoms with Crippen molar-refractivity contribution in [1.29, 1.82) is 0 Å². The summed E-state index contributed by atoms with van der Waals surface area (Å²) in [7, 11) is 0. The summed E-state index contributed by atoms with van der Waals surface area (Å²) in [6.45, 7) is 31.6. The van der Waals surface area contributed by atoms with Crippen molar-refractivity contribution >= 4 is 11.9 Å². The molecule has 0 N–H and O–H groups in total. The van der Waals surface area contributed by atoms with Crippen molar-refractivity contribution in [2.24, 2.45) is 104 Å². The first kappa shape index (κ1) is 61.6. The summed E-state index contributed by atoms with van der Waals surface area (Å²) in [5, 5.41) is 0. The van der Waals surface area contributed by atoms with Crippen LogP contribution < -0.4 is 0 Å². The first-order valence-corrected chi connectivity index (χ1v) is 34.5. The number of carbonyl (C=O) groups excluding carboxylic acids is 2. The van der Waals surface area contributed by atoms with Crippen LogP contribution >= 0.6 is 0 Å². The van der Waals surface area contributed by atoms with E-state index in [-0.39, 0.29) is 5.92 Å². The summed E-state index contributed by atoms with van der Waals surface area (Å²) >= 11 is 0. The van der Waals surface area contributed by atoms with Crippen LogP contribution in [0, 0.1) is 104 Å². The van der Waals surface area contributed by atoms with E-state index in [1.165, 1.54) is 128 Å². The Morgan fingerprint density at radius 2 is 0.937 bits per heavy atom. The molecule has 0 aromatic rings. The lowest BCUT2D eigenvalue weighted by Crippen LogP contribution is -2.51.